The minimum absolute atomic E-state index is 0.0948. The largest absolute Gasteiger partial charge is 0.462 e. The van der Waals surface area contributed by atoms with Crippen molar-refractivity contribution in [3.05, 3.63) is 72.9 Å². The Morgan fingerprint density at radius 3 is 1.08 bits per heavy atom. The van der Waals surface area contributed by atoms with Gasteiger partial charge in [0, 0.05) is 19.3 Å². The molecule has 0 amide bonds. The Balaban J connectivity index is 4.46. The lowest BCUT2D eigenvalue weighted by atomic mass is 10.0. The van der Waals surface area contributed by atoms with Crippen LogP contribution in [0.4, 0.5) is 0 Å². The van der Waals surface area contributed by atoms with Gasteiger partial charge in [0.1, 0.15) is 13.2 Å². The van der Waals surface area contributed by atoms with E-state index < -0.39 is 6.10 Å². The minimum atomic E-state index is -0.795. The van der Waals surface area contributed by atoms with Crippen molar-refractivity contribution in [3.63, 3.8) is 0 Å². The summed E-state index contributed by atoms with van der Waals surface area (Å²) < 4.78 is 16.7. The third kappa shape index (κ3) is 45.9. The third-order valence-electron chi connectivity index (χ3n) is 10.4. The van der Waals surface area contributed by atoms with Gasteiger partial charge in [-0.15, -0.1) is 0 Å². The maximum atomic E-state index is 12.8. The fourth-order valence-corrected chi connectivity index (χ4v) is 6.70. The molecule has 0 N–H and O–H groups in total. The van der Waals surface area contributed by atoms with Crippen LogP contribution < -0.4 is 0 Å². The number of allylic oxidation sites excluding steroid dienone is 12. The Morgan fingerprint density at radius 1 is 0.350 bits per heavy atom. The number of esters is 3. The molecule has 0 saturated heterocycles. The van der Waals surface area contributed by atoms with E-state index in [9.17, 15) is 14.4 Å². The van der Waals surface area contributed by atoms with Crippen molar-refractivity contribution in [1.82, 2.24) is 0 Å². The highest BCUT2D eigenvalue weighted by Gasteiger charge is 2.19. The standard InChI is InChI=1S/C54H92O6/c1-4-7-10-13-16-19-22-25-27-29-32-34-37-40-43-46-52(55)58-49-51(60-54(57)48-45-42-39-36-31-24-21-18-15-12-9-6-3)50-59-53(56)47-44-41-38-35-33-30-28-26-23-20-17-14-11-8-5-2/h7,10,16-17,19-20,25-28,32,34,51H,4-6,8-9,11-15,18,21-24,29-31,33,35-50H2,1-3H3/b10-7-,19-16-,20-17-,27-25-,28-26-,34-32-/t51-/m1/s1. The SMILES string of the molecule is CC/C=C\C/C=C\C/C=C\C/C=C\CCCCC(=O)OC[C@H](COC(=O)CCCCCCC/C=C\C/C=C\CCCCC)OC(=O)CCCCCCCCCCCCCC. The summed E-state index contributed by atoms with van der Waals surface area (Å²) in [4.78, 5) is 37.9. The topological polar surface area (TPSA) is 78.9 Å². The lowest BCUT2D eigenvalue weighted by Gasteiger charge is -2.18. The molecule has 60 heavy (non-hydrogen) atoms. The smallest absolute Gasteiger partial charge is 0.306 e. The average Bonchev–Trinajstić information content (AvgIpc) is 3.24. The summed E-state index contributed by atoms with van der Waals surface area (Å²) in [6.45, 7) is 6.44. The first-order chi connectivity index (χ1) is 29.5. The Bertz CT molecular complexity index is 1140. The number of ether oxygens (including phenoxy) is 3. The number of unbranched alkanes of at least 4 members (excludes halogenated alkanes) is 21. The predicted octanol–water partition coefficient (Wildman–Crippen LogP) is 16.3. The second-order valence-corrected chi connectivity index (χ2v) is 16.3. The van der Waals surface area contributed by atoms with Crippen LogP contribution in [0.15, 0.2) is 72.9 Å². The Morgan fingerprint density at radius 2 is 0.650 bits per heavy atom. The molecule has 0 aliphatic carbocycles. The van der Waals surface area contributed by atoms with Crippen molar-refractivity contribution < 1.29 is 28.6 Å². The molecule has 0 saturated carbocycles. The highest BCUT2D eigenvalue weighted by Crippen LogP contribution is 2.14. The van der Waals surface area contributed by atoms with Crippen LogP contribution in [-0.2, 0) is 28.6 Å². The highest BCUT2D eigenvalue weighted by atomic mass is 16.6. The van der Waals surface area contributed by atoms with Crippen molar-refractivity contribution in [2.24, 2.45) is 0 Å². The number of carbonyl (C=O) groups excluding carboxylic acids is 3. The molecular formula is C54H92O6. The average molecular weight is 837 g/mol. The van der Waals surface area contributed by atoms with E-state index in [2.05, 4.69) is 93.7 Å². The zero-order valence-corrected chi connectivity index (χ0v) is 39.2. The molecule has 6 heteroatoms. The van der Waals surface area contributed by atoms with E-state index in [4.69, 9.17) is 14.2 Å². The second kappa shape index (κ2) is 48.5. The van der Waals surface area contributed by atoms with E-state index >= 15 is 0 Å². The van der Waals surface area contributed by atoms with Gasteiger partial charge in [-0.1, -0.05) is 196 Å². The molecular weight excluding hydrogens is 745 g/mol. The van der Waals surface area contributed by atoms with E-state index in [1.807, 2.05) is 0 Å². The van der Waals surface area contributed by atoms with Gasteiger partial charge in [0.15, 0.2) is 6.10 Å². The minimum Gasteiger partial charge on any atom is -0.462 e. The summed E-state index contributed by atoms with van der Waals surface area (Å²) in [7, 11) is 0. The summed E-state index contributed by atoms with van der Waals surface area (Å²) in [6.07, 6.45) is 60.2. The molecule has 0 spiro atoms. The van der Waals surface area contributed by atoms with Crippen molar-refractivity contribution in [2.75, 3.05) is 13.2 Å². The molecule has 0 aromatic heterocycles. The third-order valence-corrected chi connectivity index (χ3v) is 10.4. The first kappa shape index (κ1) is 56.9. The zero-order chi connectivity index (χ0) is 43.7. The van der Waals surface area contributed by atoms with E-state index in [0.29, 0.717) is 19.3 Å². The van der Waals surface area contributed by atoms with Gasteiger partial charge in [-0.05, 0) is 89.9 Å². The predicted molar refractivity (Wildman–Crippen MR) is 256 cm³/mol. The maximum Gasteiger partial charge on any atom is 0.306 e. The molecule has 0 aliphatic rings. The summed E-state index contributed by atoms with van der Waals surface area (Å²) in [6, 6.07) is 0. The van der Waals surface area contributed by atoms with Crippen molar-refractivity contribution in [1.29, 1.82) is 0 Å². The van der Waals surface area contributed by atoms with Crippen LogP contribution in [0.3, 0.4) is 0 Å². The monoisotopic (exact) mass is 837 g/mol. The van der Waals surface area contributed by atoms with Crippen LogP contribution >= 0.6 is 0 Å². The molecule has 0 rings (SSSR count). The first-order valence-corrected chi connectivity index (χ1v) is 24.9. The van der Waals surface area contributed by atoms with Gasteiger partial charge in [0.05, 0.1) is 0 Å². The fraction of sp³-hybridized carbons (Fsp3) is 0.722. The number of carbonyl (C=O) groups is 3. The van der Waals surface area contributed by atoms with E-state index in [-0.39, 0.29) is 31.1 Å². The van der Waals surface area contributed by atoms with Crippen molar-refractivity contribution in [3.8, 4) is 0 Å². The number of hydrogen-bond donors (Lipinski definition) is 0. The first-order valence-electron chi connectivity index (χ1n) is 24.9. The Kier molecular flexibility index (Phi) is 46.0. The van der Waals surface area contributed by atoms with Crippen LogP contribution in [0.25, 0.3) is 0 Å². The normalized spacial score (nSPS) is 12.7. The van der Waals surface area contributed by atoms with Gasteiger partial charge in [-0.25, -0.2) is 0 Å². The molecule has 1 atom stereocenters. The lowest BCUT2D eigenvalue weighted by molar-refractivity contribution is -0.167. The van der Waals surface area contributed by atoms with Gasteiger partial charge in [-0.2, -0.15) is 0 Å². The molecule has 0 unspecified atom stereocenters. The van der Waals surface area contributed by atoms with Gasteiger partial charge >= 0.3 is 17.9 Å². The number of hydrogen-bond acceptors (Lipinski definition) is 6. The Hall–Kier alpha value is -3.15. The van der Waals surface area contributed by atoms with Crippen LogP contribution in [-0.4, -0.2) is 37.2 Å². The molecule has 0 bridgehead atoms. The van der Waals surface area contributed by atoms with Crippen LogP contribution in [0.2, 0.25) is 0 Å². The molecule has 0 aromatic carbocycles. The summed E-state index contributed by atoms with van der Waals surface area (Å²) in [5, 5.41) is 0. The molecule has 0 fully saturated rings. The van der Waals surface area contributed by atoms with Crippen molar-refractivity contribution in [2.45, 2.75) is 239 Å². The molecule has 344 valence electrons. The fourth-order valence-electron chi connectivity index (χ4n) is 6.70. The van der Waals surface area contributed by atoms with Gasteiger partial charge in [-0.3, -0.25) is 14.4 Å². The second-order valence-electron chi connectivity index (χ2n) is 16.3. The number of rotatable bonds is 44. The van der Waals surface area contributed by atoms with Crippen molar-refractivity contribution >= 4 is 17.9 Å². The molecule has 0 radical (unpaired) electrons. The van der Waals surface area contributed by atoms with Gasteiger partial charge in [0.2, 0.25) is 0 Å². The zero-order valence-electron chi connectivity index (χ0n) is 39.2. The van der Waals surface area contributed by atoms with Crippen LogP contribution in [0.1, 0.15) is 233 Å². The lowest BCUT2D eigenvalue weighted by Crippen LogP contribution is -2.30. The molecule has 0 heterocycles. The maximum absolute atomic E-state index is 12.8. The van der Waals surface area contributed by atoms with Gasteiger partial charge < -0.3 is 14.2 Å². The van der Waals surface area contributed by atoms with E-state index in [0.717, 1.165) is 109 Å². The van der Waals surface area contributed by atoms with Crippen LogP contribution in [0, 0.1) is 0 Å². The summed E-state index contributed by atoms with van der Waals surface area (Å²) in [5.74, 6) is -0.950. The Labute approximate surface area is 370 Å². The summed E-state index contributed by atoms with van der Waals surface area (Å²) >= 11 is 0. The quantitative estimate of drug-likeness (QED) is 0.0263. The van der Waals surface area contributed by atoms with E-state index in [1.54, 1.807) is 0 Å². The van der Waals surface area contributed by atoms with Crippen LogP contribution in [0.5, 0.6) is 0 Å². The van der Waals surface area contributed by atoms with E-state index in [1.165, 1.54) is 83.5 Å². The molecule has 6 nitrogen and oxygen atoms in total. The highest BCUT2D eigenvalue weighted by molar-refractivity contribution is 5.71. The summed E-state index contributed by atoms with van der Waals surface area (Å²) in [5.41, 5.74) is 0. The molecule has 0 aromatic rings. The molecule has 0 aliphatic heterocycles. The van der Waals surface area contributed by atoms with Gasteiger partial charge in [0.25, 0.3) is 0 Å².